The van der Waals surface area contributed by atoms with Crippen LogP contribution < -0.4 is 10.1 Å². The molecule has 0 saturated carbocycles. The molecule has 0 spiro atoms. The van der Waals surface area contributed by atoms with Gasteiger partial charge in [-0.2, -0.15) is 0 Å². The summed E-state index contributed by atoms with van der Waals surface area (Å²) in [6.07, 6.45) is 1.74. The second-order valence-electron chi connectivity index (χ2n) is 4.10. The number of pyridine rings is 2. The van der Waals surface area contributed by atoms with Gasteiger partial charge >= 0.3 is 0 Å². The number of hydrogen-bond donors (Lipinski definition) is 1. The number of methoxy groups -OCH3 is 1. The zero-order valence-corrected chi connectivity index (χ0v) is 11.1. The van der Waals surface area contributed by atoms with Crippen molar-refractivity contribution >= 4 is 11.7 Å². The van der Waals surface area contributed by atoms with Crippen LogP contribution in [0.4, 0.5) is 5.82 Å². The second kappa shape index (κ2) is 5.48. The maximum Gasteiger partial charge on any atom is 0.222 e. The molecule has 0 aromatic carbocycles. The molecular weight excluding hydrogens is 242 g/mol. The minimum Gasteiger partial charge on any atom is -0.481 e. The standard InChI is InChI=1S/C14H15N3O2/c1-9-12(5-6-13(16-9)17-10(2)18)11-4-7-14(19-3)15-8-11/h4-8H,1-3H3,(H,16,17,18). The van der Waals surface area contributed by atoms with Crippen molar-refractivity contribution in [3.63, 3.8) is 0 Å². The van der Waals surface area contributed by atoms with Crippen LogP contribution in [0.3, 0.4) is 0 Å². The fourth-order valence-corrected chi connectivity index (χ4v) is 1.78. The molecule has 0 fully saturated rings. The Morgan fingerprint density at radius 3 is 2.58 bits per heavy atom. The lowest BCUT2D eigenvalue weighted by Crippen LogP contribution is -2.08. The van der Waals surface area contributed by atoms with Crippen molar-refractivity contribution in [3.8, 4) is 17.0 Å². The van der Waals surface area contributed by atoms with Gasteiger partial charge in [0.05, 0.1) is 7.11 Å². The van der Waals surface area contributed by atoms with E-state index in [1.54, 1.807) is 25.4 Å². The molecule has 0 aliphatic carbocycles. The summed E-state index contributed by atoms with van der Waals surface area (Å²) in [5.41, 5.74) is 2.77. The highest BCUT2D eigenvalue weighted by atomic mass is 16.5. The minimum atomic E-state index is -0.134. The number of rotatable bonds is 3. The molecule has 1 amide bonds. The van der Waals surface area contributed by atoms with Gasteiger partial charge in [0.1, 0.15) is 5.82 Å². The van der Waals surface area contributed by atoms with E-state index in [2.05, 4.69) is 15.3 Å². The van der Waals surface area contributed by atoms with Gasteiger partial charge in [-0.05, 0) is 25.1 Å². The van der Waals surface area contributed by atoms with Crippen LogP contribution in [0.1, 0.15) is 12.6 Å². The van der Waals surface area contributed by atoms with E-state index in [1.165, 1.54) is 6.92 Å². The van der Waals surface area contributed by atoms with E-state index in [-0.39, 0.29) is 5.91 Å². The smallest absolute Gasteiger partial charge is 0.222 e. The van der Waals surface area contributed by atoms with Crippen molar-refractivity contribution in [1.82, 2.24) is 9.97 Å². The fourth-order valence-electron chi connectivity index (χ4n) is 1.78. The van der Waals surface area contributed by atoms with Crippen molar-refractivity contribution < 1.29 is 9.53 Å². The van der Waals surface area contributed by atoms with E-state index in [4.69, 9.17) is 4.74 Å². The van der Waals surface area contributed by atoms with Crippen molar-refractivity contribution in [3.05, 3.63) is 36.2 Å². The number of carbonyl (C=O) groups is 1. The SMILES string of the molecule is COc1ccc(-c2ccc(NC(C)=O)nc2C)cn1. The summed E-state index contributed by atoms with van der Waals surface area (Å²) >= 11 is 0. The molecule has 2 aromatic heterocycles. The lowest BCUT2D eigenvalue weighted by Gasteiger charge is -2.08. The van der Waals surface area contributed by atoms with E-state index in [0.29, 0.717) is 11.7 Å². The van der Waals surface area contributed by atoms with Crippen LogP contribution in [-0.4, -0.2) is 23.0 Å². The van der Waals surface area contributed by atoms with E-state index in [1.807, 2.05) is 19.1 Å². The van der Waals surface area contributed by atoms with Gasteiger partial charge in [-0.3, -0.25) is 4.79 Å². The van der Waals surface area contributed by atoms with Crippen molar-refractivity contribution in [2.24, 2.45) is 0 Å². The Hall–Kier alpha value is -2.43. The molecule has 2 aromatic rings. The largest absolute Gasteiger partial charge is 0.481 e. The lowest BCUT2D eigenvalue weighted by atomic mass is 10.1. The van der Waals surface area contributed by atoms with Crippen LogP contribution in [0, 0.1) is 6.92 Å². The number of aryl methyl sites for hydroxylation is 1. The summed E-state index contributed by atoms with van der Waals surface area (Å²) in [5.74, 6) is 0.991. The van der Waals surface area contributed by atoms with Gasteiger partial charge < -0.3 is 10.1 Å². The maximum atomic E-state index is 11.0. The Labute approximate surface area is 111 Å². The number of ether oxygens (including phenoxy) is 1. The zero-order valence-electron chi connectivity index (χ0n) is 11.1. The van der Waals surface area contributed by atoms with Gasteiger partial charge in [0, 0.05) is 36.0 Å². The number of aromatic nitrogens is 2. The quantitative estimate of drug-likeness (QED) is 0.917. The Morgan fingerprint density at radius 1 is 1.26 bits per heavy atom. The molecule has 98 valence electrons. The van der Waals surface area contributed by atoms with Crippen LogP contribution in [-0.2, 0) is 4.79 Å². The molecule has 0 aliphatic heterocycles. The molecule has 2 heterocycles. The van der Waals surface area contributed by atoms with Gasteiger partial charge in [-0.1, -0.05) is 0 Å². The average Bonchev–Trinajstić information content (AvgIpc) is 2.38. The Morgan fingerprint density at radius 2 is 2.05 bits per heavy atom. The highest BCUT2D eigenvalue weighted by Crippen LogP contribution is 2.24. The van der Waals surface area contributed by atoms with Crippen LogP contribution in [0.15, 0.2) is 30.5 Å². The third kappa shape index (κ3) is 3.07. The van der Waals surface area contributed by atoms with Gasteiger partial charge in [0.25, 0.3) is 0 Å². The molecule has 1 N–H and O–H groups in total. The van der Waals surface area contributed by atoms with E-state index < -0.39 is 0 Å². The summed E-state index contributed by atoms with van der Waals surface area (Å²) in [4.78, 5) is 19.5. The Balaban J connectivity index is 2.31. The number of anilines is 1. The fraction of sp³-hybridized carbons (Fsp3) is 0.214. The van der Waals surface area contributed by atoms with Gasteiger partial charge in [0.2, 0.25) is 11.8 Å². The summed E-state index contributed by atoms with van der Waals surface area (Å²) in [7, 11) is 1.58. The van der Waals surface area contributed by atoms with Crippen LogP contribution in [0.25, 0.3) is 11.1 Å². The summed E-state index contributed by atoms with van der Waals surface area (Å²) < 4.78 is 5.02. The highest BCUT2D eigenvalue weighted by Gasteiger charge is 2.06. The first-order valence-electron chi connectivity index (χ1n) is 5.86. The number of nitrogens with one attached hydrogen (secondary N) is 1. The van der Waals surface area contributed by atoms with Crippen molar-refractivity contribution in [2.45, 2.75) is 13.8 Å². The normalized spacial score (nSPS) is 10.1. The summed E-state index contributed by atoms with van der Waals surface area (Å²) in [5, 5.41) is 2.66. The number of carbonyl (C=O) groups excluding carboxylic acids is 1. The van der Waals surface area contributed by atoms with E-state index in [0.717, 1.165) is 16.8 Å². The maximum absolute atomic E-state index is 11.0. The predicted molar refractivity (Wildman–Crippen MR) is 73.1 cm³/mol. The monoisotopic (exact) mass is 257 g/mol. The Bertz CT molecular complexity index is 594. The van der Waals surface area contributed by atoms with Crippen molar-refractivity contribution in [1.29, 1.82) is 0 Å². The van der Waals surface area contributed by atoms with Gasteiger partial charge in [-0.25, -0.2) is 9.97 Å². The van der Waals surface area contributed by atoms with E-state index in [9.17, 15) is 4.79 Å². The number of amides is 1. The first kappa shape index (κ1) is 13.0. The van der Waals surface area contributed by atoms with Crippen molar-refractivity contribution in [2.75, 3.05) is 12.4 Å². The van der Waals surface area contributed by atoms with Gasteiger partial charge in [0.15, 0.2) is 0 Å². The molecular formula is C14H15N3O2. The molecule has 0 atom stereocenters. The first-order valence-corrected chi connectivity index (χ1v) is 5.86. The molecule has 5 nitrogen and oxygen atoms in total. The molecule has 0 saturated heterocycles. The first-order chi connectivity index (χ1) is 9.10. The second-order valence-corrected chi connectivity index (χ2v) is 4.10. The Kier molecular flexibility index (Phi) is 3.75. The molecule has 5 heteroatoms. The van der Waals surface area contributed by atoms with Crippen LogP contribution in [0.5, 0.6) is 5.88 Å². The highest BCUT2D eigenvalue weighted by molar-refractivity contribution is 5.87. The minimum absolute atomic E-state index is 0.134. The van der Waals surface area contributed by atoms with Gasteiger partial charge in [-0.15, -0.1) is 0 Å². The summed E-state index contributed by atoms with van der Waals surface area (Å²) in [6.45, 7) is 3.35. The zero-order chi connectivity index (χ0) is 13.8. The van der Waals surface area contributed by atoms with Crippen LogP contribution >= 0.6 is 0 Å². The molecule has 0 unspecified atom stereocenters. The predicted octanol–water partition coefficient (Wildman–Crippen LogP) is 2.42. The lowest BCUT2D eigenvalue weighted by molar-refractivity contribution is -0.114. The van der Waals surface area contributed by atoms with E-state index >= 15 is 0 Å². The average molecular weight is 257 g/mol. The summed E-state index contributed by atoms with van der Waals surface area (Å²) in [6, 6.07) is 7.41. The molecule has 0 bridgehead atoms. The topological polar surface area (TPSA) is 64.1 Å². The molecule has 0 aliphatic rings. The molecule has 0 radical (unpaired) electrons. The van der Waals surface area contributed by atoms with Crippen LogP contribution in [0.2, 0.25) is 0 Å². The third-order valence-corrected chi connectivity index (χ3v) is 2.65. The number of nitrogens with zero attached hydrogens (tertiary/aromatic N) is 2. The molecule has 19 heavy (non-hydrogen) atoms. The molecule has 2 rings (SSSR count). The third-order valence-electron chi connectivity index (χ3n) is 2.65. The number of hydrogen-bond acceptors (Lipinski definition) is 4.